The van der Waals surface area contributed by atoms with Gasteiger partial charge in [0.1, 0.15) is 11.6 Å². The molecule has 2 aromatic rings. The Balaban J connectivity index is 2.01. The summed E-state index contributed by atoms with van der Waals surface area (Å²) < 4.78 is 0. The second kappa shape index (κ2) is 6.01. The molecule has 2 heterocycles. The second-order valence-electron chi connectivity index (χ2n) is 7.86. The lowest BCUT2D eigenvalue weighted by Gasteiger charge is -2.40. The second-order valence-corrected chi connectivity index (χ2v) is 7.86. The molecule has 0 radical (unpaired) electrons. The number of hydrogen-bond acceptors (Lipinski definition) is 6. The van der Waals surface area contributed by atoms with Gasteiger partial charge in [0.15, 0.2) is 0 Å². The number of nitro benzene ring substituents is 1. The Labute approximate surface area is 158 Å². The minimum Gasteiger partial charge on any atom is -0.344 e. The van der Waals surface area contributed by atoms with Crippen molar-refractivity contribution in [3.8, 4) is 0 Å². The van der Waals surface area contributed by atoms with Gasteiger partial charge in [-0.2, -0.15) is 0 Å². The molecule has 0 unspecified atom stereocenters. The molecule has 2 atom stereocenters. The number of fused-ring (bicyclic) bond motifs is 2. The first-order valence-corrected chi connectivity index (χ1v) is 8.79. The number of carbonyl (C=O) groups excluding carboxylic acids is 1. The van der Waals surface area contributed by atoms with Crippen LogP contribution in [0.15, 0.2) is 45.6 Å². The SMILES string of the molecule is CC1(C)C=C2Nc3[nH]c(=O)[nH]c(=O)c3[C@@H](c3cccc([N+](=O)[O-])c3)[C@@H]2C(=O)C1. The maximum Gasteiger partial charge on any atom is 0.327 e. The van der Waals surface area contributed by atoms with Crippen LogP contribution in [0.25, 0.3) is 0 Å². The van der Waals surface area contributed by atoms with Gasteiger partial charge >= 0.3 is 5.69 Å². The van der Waals surface area contributed by atoms with Crippen LogP contribution < -0.4 is 16.6 Å². The Hall–Kier alpha value is -3.49. The van der Waals surface area contributed by atoms with Gasteiger partial charge in [-0.05, 0) is 11.0 Å². The Morgan fingerprint density at radius 2 is 1.89 bits per heavy atom. The minimum atomic E-state index is -0.744. The van der Waals surface area contributed by atoms with Gasteiger partial charge in [0.25, 0.3) is 11.2 Å². The van der Waals surface area contributed by atoms with Crippen molar-refractivity contribution in [2.45, 2.75) is 26.2 Å². The number of nitrogens with one attached hydrogen (secondary N) is 3. The fraction of sp³-hybridized carbons (Fsp3) is 0.316. The number of nitro groups is 1. The lowest BCUT2D eigenvalue weighted by molar-refractivity contribution is -0.384. The Kier molecular flexibility index (Phi) is 3.84. The Morgan fingerprint density at radius 3 is 2.61 bits per heavy atom. The molecule has 9 heteroatoms. The molecule has 2 aliphatic rings. The van der Waals surface area contributed by atoms with Crippen LogP contribution in [-0.2, 0) is 4.79 Å². The third-order valence-electron chi connectivity index (χ3n) is 5.19. The van der Waals surface area contributed by atoms with Gasteiger partial charge < -0.3 is 5.32 Å². The third kappa shape index (κ3) is 2.84. The van der Waals surface area contributed by atoms with Crippen molar-refractivity contribution in [1.29, 1.82) is 0 Å². The normalized spacial score (nSPS) is 22.5. The molecule has 0 bridgehead atoms. The topological polar surface area (TPSA) is 138 Å². The first-order valence-electron chi connectivity index (χ1n) is 8.79. The summed E-state index contributed by atoms with van der Waals surface area (Å²) in [6.45, 7) is 3.85. The van der Waals surface area contributed by atoms with Crippen LogP contribution in [0.2, 0.25) is 0 Å². The van der Waals surface area contributed by atoms with E-state index >= 15 is 0 Å². The fourth-order valence-electron chi connectivity index (χ4n) is 4.17. The summed E-state index contributed by atoms with van der Waals surface area (Å²) in [6, 6.07) is 5.90. The van der Waals surface area contributed by atoms with Crippen LogP contribution in [-0.4, -0.2) is 20.7 Å². The highest BCUT2D eigenvalue weighted by molar-refractivity contribution is 5.90. The number of carbonyl (C=O) groups is 1. The molecule has 1 aromatic heterocycles. The zero-order chi connectivity index (χ0) is 20.2. The van der Waals surface area contributed by atoms with Crippen LogP contribution in [0.3, 0.4) is 0 Å². The number of nitrogens with zero attached hydrogens (tertiary/aromatic N) is 1. The van der Waals surface area contributed by atoms with Crippen LogP contribution in [0.1, 0.15) is 37.3 Å². The summed E-state index contributed by atoms with van der Waals surface area (Å²) in [5.74, 6) is -1.29. The summed E-state index contributed by atoms with van der Waals surface area (Å²) in [7, 11) is 0. The first-order chi connectivity index (χ1) is 13.2. The number of ketones is 1. The number of rotatable bonds is 2. The van der Waals surface area contributed by atoms with E-state index in [9.17, 15) is 24.5 Å². The molecule has 0 fully saturated rings. The van der Waals surface area contributed by atoms with Crippen molar-refractivity contribution >= 4 is 17.3 Å². The molecule has 4 rings (SSSR count). The smallest absolute Gasteiger partial charge is 0.327 e. The van der Waals surface area contributed by atoms with E-state index in [0.29, 0.717) is 11.3 Å². The summed E-state index contributed by atoms with van der Waals surface area (Å²) in [4.78, 5) is 52.9. The third-order valence-corrected chi connectivity index (χ3v) is 5.19. The van der Waals surface area contributed by atoms with E-state index in [1.807, 2.05) is 19.9 Å². The quantitative estimate of drug-likeness (QED) is 0.537. The molecular formula is C19H18N4O5. The highest BCUT2D eigenvalue weighted by atomic mass is 16.6. The van der Waals surface area contributed by atoms with Gasteiger partial charge in [-0.3, -0.25) is 29.7 Å². The fourth-order valence-corrected chi connectivity index (χ4v) is 4.17. The number of aromatic amines is 2. The Bertz CT molecular complexity index is 1160. The monoisotopic (exact) mass is 382 g/mol. The van der Waals surface area contributed by atoms with Crippen LogP contribution >= 0.6 is 0 Å². The zero-order valence-corrected chi connectivity index (χ0v) is 15.2. The van der Waals surface area contributed by atoms with Gasteiger partial charge in [-0.25, -0.2) is 4.79 Å². The number of allylic oxidation sites excluding steroid dienone is 2. The average molecular weight is 382 g/mol. The molecule has 0 spiro atoms. The van der Waals surface area contributed by atoms with Gasteiger partial charge in [-0.1, -0.05) is 32.1 Å². The van der Waals surface area contributed by atoms with Gasteiger partial charge in [0.05, 0.1) is 16.4 Å². The standard InChI is InChI=1S/C19H18N4O5/c1-19(2)7-11-14(12(24)8-19)13(9-4-3-5-10(6-9)23(27)28)15-16(20-11)21-18(26)22-17(15)25/h3-7,13-14H,8H2,1-2H3,(H3,20,21,22,25,26)/t13-,14-/m0/s1. The van der Waals surface area contributed by atoms with Crippen molar-refractivity contribution in [2.24, 2.45) is 11.3 Å². The van der Waals surface area contributed by atoms with E-state index in [-0.39, 0.29) is 34.7 Å². The molecule has 1 aliphatic carbocycles. The number of anilines is 1. The summed E-state index contributed by atoms with van der Waals surface area (Å²) >= 11 is 0. The maximum atomic E-state index is 13.0. The van der Waals surface area contributed by atoms with Crippen LogP contribution in [0.5, 0.6) is 0 Å². The molecule has 28 heavy (non-hydrogen) atoms. The summed E-state index contributed by atoms with van der Waals surface area (Å²) in [6.07, 6.45) is 2.21. The number of H-pyrrole nitrogens is 2. The van der Waals surface area contributed by atoms with Crippen molar-refractivity contribution in [3.05, 3.63) is 78.1 Å². The minimum absolute atomic E-state index is 0.0669. The van der Waals surface area contributed by atoms with Gasteiger partial charge in [-0.15, -0.1) is 0 Å². The number of Topliss-reactive ketones (excluding diaryl/α,β-unsaturated/α-hetero) is 1. The van der Waals surface area contributed by atoms with Crippen molar-refractivity contribution < 1.29 is 9.72 Å². The zero-order valence-electron chi connectivity index (χ0n) is 15.2. The van der Waals surface area contributed by atoms with E-state index < -0.39 is 28.0 Å². The Morgan fingerprint density at radius 1 is 1.14 bits per heavy atom. The van der Waals surface area contributed by atoms with E-state index in [0.717, 1.165) is 0 Å². The van der Waals surface area contributed by atoms with Crippen molar-refractivity contribution in [1.82, 2.24) is 9.97 Å². The van der Waals surface area contributed by atoms with Crippen LogP contribution in [0.4, 0.5) is 11.5 Å². The highest BCUT2D eigenvalue weighted by Crippen LogP contribution is 2.47. The molecule has 1 aromatic carbocycles. The van der Waals surface area contributed by atoms with Crippen molar-refractivity contribution in [2.75, 3.05) is 5.32 Å². The number of hydrogen-bond donors (Lipinski definition) is 3. The van der Waals surface area contributed by atoms with Crippen molar-refractivity contribution in [3.63, 3.8) is 0 Å². The molecular weight excluding hydrogens is 364 g/mol. The average Bonchev–Trinajstić information content (AvgIpc) is 2.58. The van der Waals surface area contributed by atoms with E-state index in [1.165, 1.54) is 18.2 Å². The summed E-state index contributed by atoms with van der Waals surface area (Å²) in [5.41, 5.74) is -0.566. The predicted octanol–water partition coefficient (Wildman–Crippen LogP) is 2.03. The number of aromatic nitrogens is 2. The molecule has 144 valence electrons. The molecule has 0 saturated heterocycles. The van der Waals surface area contributed by atoms with E-state index in [4.69, 9.17) is 0 Å². The maximum absolute atomic E-state index is 13.0. The lowest BCUT2D eigenvalue weighted by Crippen LogP contribution is -2.43. The molecule has 0 saturated carbocycles. The van der Waals surface area contributed by atoms with Crippen LogP contribution in [0, 0.1) is 21.4 Å². The molecule has 0 amide bonds. The highest BCUT2D eigenvalue weighted by Gasteiger charge is 2.45. The summed E-state index contributed by atoms with van der Waals surface area (Å²) in [5, 5.41) is 14.3. The molecule has 9 nitrogen and oxygen atoms in total. The molecule has 1 aliphatic heterocycles. The first kappa shape index (κ1) is 17.9. The van der Waals surface area contributed by atoms with Gasteiger partial charge in [0, 0.05) is 30.2 Å². The number of non-ortho nitro benzene ring substituents is 1. The largest absolute Gasteiger partial charge is 0.344 e. The van der Waals surface area contributed by atoms with E-state index in [1.54, 1.807) is 6.07 Å². The van der Waals surface area contributed by atoms with Gasteiger partial charge in [0.2, 0.25) is 0 Å². The molecule has 3 N–H and O–H groups in total. The number of benzene rings is 1. The predicted molar refractivity (Wildman–Crippen MR) is 101 cm³/mol. The lowest BCUT2D eigenvalue weighted by atomic mass is 9.67. The van der Waals surface area contributed by atoms with E-state index in [2.05, 4.69) is 15.3 Å².